The molecule has 0 saturated heterocycles. The Morgan fingerprint density at radius 3 is 2.26 bits per heavy atom. The SMILES string of the molecule is Cc1ccccc1OC(C)C(=O)Nc1ccc(C(F)(F)F)cc1. The van der Waals surface area contributed by atoms with Crippen LogP contribution in [-0.4, -0.2) is 12.0 Å². The first-order valence-electron chi connectivity index (χ1n) is 6.98. The van der Waals surface area contributed by atoms with E-state index in [0.29, 0.717) is 5.75 Å². The number of rotatable bonds is 4. The predicted molar refractivity (Wildman–Crippen MR) is 81.3 cm³/mol. The number of alkyl halides is 3. The number of halogens is 3. The van der Waals surface area contributed by atoms with Crippen molar-refractivity contribution in [2.75, 3.05) is 5.32 Å². The standard InChI is InChI=1S/C17H16F3NO2/c1-11-5-3-4-6-15(11)23-12(2)16(22)21-14-9-7-13(8-10-14)17(18,19)20/h3-10,12H,1-2H3,(H,21,22). The molecule has 3 nitrogen and oxygen atoms in total. The van der Waals surface area contributed by atoms with Crippen molar-refractivity contribution in [3.63, 3.8) is 0 Å². The summed E-state index contributed by atoms with van der Waals surface area (Å²) in [7, 11) is 0. The van der Waals surface area contributed by atoms with E-state index >= 15 is 0 Å². The zero-order valence-electron chi connectivity index (χ0n) is 12.6. The van der Waals surface area contributed by atoms with Crippen molar-refractivity contribution in [1.29, 1.82) is 0 Å². The molecule has 0 saturated carbocycles. The van der Waals surface area contributed by atoms with Crippen LogP contribution in [0.25, 0.3) is 0 Å². The molecule has 0 aliphatic rings. The molecule has 6 heteroatoms. The summed E-state index contributed by atoms with van der Waals surface area (Å²) in [5.41, 5.74) is 0.407. The van der Waals surface area contributed by atoms with E-state index in [0.717, 1.165) is 17.7 Å². The van der Waals surface area contributed by atoms with Crippen molar-refractivity contribution < 1.29 is 22.7 Å². The first kappa shape index (κ1) is 16.9. The number of carbonyl (C=O) groups is 1. The Labute approximate surface area is 132 Å². The highest BCUT2D eigenvalue weighted by atomic mass is 19.4. The van der Waals surface area contributed by atoms with Gasteiger partial charge in [-0.25, -0.2) is 0 Å². The molecule has 1 N–H and O–H groups in total. The van der Waals surface area contributed by atoms with Crippen LogP contribution in [0.3, 0.4) is 0 Å². The lowest BCUT2D eigenvalue weighted by Gasteiger charge is -2.16. The number of nitrogens with one attached hydrogen (secondary N) is 1. The van der Waals surface area contributed by atoms with E-state index in [1.54, 1.807) is 19.1 Å². The van der Waals surface area contributed by atoms with Crippen LogP contribution in [0.4, 0.5) is 18.9 Å². The molecular formula is C17H16F3NO2. The molecule has 0 aliphatic heterocycles. The maximum absolute atomic E-state index is 12.5. The molecule has 0 bridgehead atoms. The molecule has 0 spiro atoms. The minimum Gasteiger partial charge on any atom is -0.481 e. The van der Waals surface area contributed by atoms with Crippen LogP contribution in [0, 0.1) is 6.92 Å². The molecule has 122 valence electrons. The Kier molecular flexibility index (Phi) is 4.93. The van der Waals surface area contributed by atoms with Gasteiger partial charge in [-0.15, -0.1) is 0 Å². The minimum absolute atomic E-state index is 0.281. The van der Waals surface area contributed by atoms with Gasteiger partial charge in [-0.3, -0.25) is 4.79 Å². The fraction of sp³-hybridized carbons (Fsp3) is 0.235. The van der Waals surface area contributed by atoms with Crippen LogP contribution < -0.4 is 10.1 Å². The number of carbonyl (C=O) groups excluding carboxylic acids is 1. The molecule has 23 heavy (non-hydrogen) atoms. The van der Waals surface area contributed by atoms with E-state index in [4.69, 9.17) is 4.74 Å². The van der Waals surface area contributed by atoms with Gasteiger partial charge in [0.05, 0.1) is 5.56 Å². The van der Waals surface area contributed by atoms with E-state index in [1.165, 1.54) is 12.1 Å². The molecule has 0 fully saturated rings. The second kappa shape index (κ2) is 6.73. The number of amides is 1. The number of para-hydroxylation sites is 1. The molecule has 1 unspecified atom stereocenters. The lowest BCUT2D eigenvalue weighted by atomic mass is 10.2. The average molecular weight is 323 g/mol. The number of hydrogen-bond donors (Lipinski definition) is 1. The van der Waals surface area contributed by atoms with Gasteiger partial charge in [-0.1, -0.05) is 18.2 Å². The van der Waals surface area contributed by atoms with E-state index < -0.39 is 23.8 Å². The normalized spacial score (nSPS) is 12.6. The van der Waals surface area contributed by atoms with Crippen LogP contribution in [-0.2, 0) is 11.0 Å². The van der Waals surface area contributed by atoms with Crippen molar-refractivity contribution in [2.45, 2.75) is 26.1 Å². The van der Waals surface area contributed by atoms with Gasteiger partial charge < -0.3 is 10.1 Å². The van der Waals surface area contributed by atoms with Crippen molar-refractivity contribution in [1.82, 2.24) is 0 Å². The Balaban J connectivity index is 2.00. The third-order valence-electron chi connectivity index (χ3n) is 3.25. The van der Waals surface area contributed by atoms with Gasteiger partial charge >= 0.3 is 6.18 Å². The third kappa shape index (κ3) is 4.48. The van der Waals surface area contributed by atoms with Gasteiger partial charge in [0, 0.05) is 5.69 Å². The van der Waals surface area contributed by atoms with Gasteiger partial charge in [-0.2, -0.15) is 13.2 Å². The molecule has 2 aromatic carbocycles. The first-order valence-corrected chi connectivity index (χ1v) is 6.98. The van der Waals surface area contributed by atoms with Gasteiger partial charge in [0.1, 0.15) is 5.75 Å². The number of hydrogen-bond acceptors (Lipinski definition) is 2. The number of aryl methyl sites for hydroxylation is 1. The zero-order valence-corrected chi connectivity index (χ0v) is 12.6. The van der Waals surface area contributed by atoms with Crippen LogP contribution in [0.2, 0.25) is 0 Å². The van der Waals surface area contributed by atoms with Crippen molar-refractivity contribution in [3.8, 4) is 5.75 Å². The van der Waals surface area contributed by atoms with Crippen LogP contribution in [0.15, 0.2) is 48.5 Å². The average Bonchev–Trinajstić information content (AvgIpc) is 2.49. The monoisotopic (exact) mass is 323 g/mol. The summed E-state index contributed by atoms with van der Waals surface area (Å²) in [5, 5.41) is 2.53. The number of ether oxygens (including phenoxy) is 1. The maximum Gasteiger partial charge on any atom is 0.416 e. The fourth-order valence-electron chi connectivity index (χ4n) is 1.92. The van der Waals surface area contributed by atoms with E-state index in [9.17, 15) is 18.0 Å². The fourth-order valence-corrected chi connectivity index (χ4v) is 1.92. The Morgan fingerprint density at radius 2 is 1.70 bits per heavy atom. The van der Waals surface area contributed by atoms with Crippen molar-refractivity contribution >= 4 is 11.6 Å². The Bertz CT molecular complexity index is 681. The van der Waals surface area contributed by atoms with Gasteiger partial charge in [0.25, 0.3) is 5.91 Å². The smallest absolute Gasteiger partial charge is 0.416 e. The van der Waals surface area contributed by atoms with Crippen LogP contribution in [0.5, 0.6) is 5.75 Å². The van der Waals surface area contributed by atoms with E-state index in [-0.39, 0.29) is 5.69 Å². The van der Waals surface area contributed by atoms with Crippen molar-refractivity contribution in [3.05, 3.63) is 59.7 Å². The first-order chi connectivity index (χ1) is 10.8. The second-order valence-electron chi connectivity index (χ2n) is 5.09. The molecule has 0 aliphatic carbocycles. The molecule has 2 aromatic rings. The largest absolute Gasteiger partial charge is 0.481 e. The lowest BCUT2D eigenvalue weighted by Crippen LogP contribution is -2.30. The van der Waals surface area contributed by atoms with E-state index in [1.807, 2.05) is 19.1 Å². The quantitative estimate of drug-likeness (QED) is 0.904. The van der Waals surface area contributed by atoms with Gasteiger partial charge in [0.2, 0.25) is 0 Å². The summed E-state index contributed by atoms with van der Waals surface area (Å²) in [6, 6.07) is 11.5. The highest BCUT2D eigenvalue weighted by Crippen LogP contribution is 2.29. The molecule has 1 atom stereocenters. The summed E-state index contributed by atoms with van der Waals surface area (Å²) in [6.45, 7) is 3.43. The van der Waals surface area contributed by atoms with Crippen LogP contribution in [0.1, 0.15) is 18.1 Å². The molecule has 0 radical (unpaired) electrons. The zero-order chi connectivity index (χ0) is 17.0. The van der Waals surface area contributed by atoms with Crippen molar-refractivity contribution in [2.24, 2.45) is 0 Å². The molecule has 1 amide bonds. The summed E-state index contributed by atoms with van der Waals surface area (Å²) >= 11 is 0. The van der Waals surface area contributed by atoms with E-state index in [2.05, 4.69) is 5.32 Å². The lowest BCUT2D eigenvalue weighted by molar-refractivity contribution is -0.137. The third-order valence-corrected chi connectivity index (χ3v) is 3.25. The molecule has 0 heterocycles. The molecule has 0 aromatic heterocycles. The highest BCUT2D eigenvalue weighted by Gasteiger charge is 2.30. The summed E-state index contributed by atoms with van der Waals surface area (Å²) in [4.78, 5) is 12.1. The van der Waals surface area contributed by atoms with Crippen LogP contribution >= 0.6 is 0 Å². The highest BCUT2D eigenvalue weighted by molar-refractivity contribution is 5.94. The maximum atomic E-state index is 12.5. The predicted octanol–water partition coefficient (Wildman–Crippen LogP) is 4.42. The number of benzene rings is 2. The topological polar surface area (TPSA) is 38.3 Å². The molecular weight excluding hydrogens is 307 g/mol. The summed E-state index contributed by atoms with van der Waals surface area (Å²) in [5.74, 6) is 0.149. The summed E-state index contributed by atoms with van der Waals surface area (Å²) < 4.78 is 43.0. The van der Waals surface area contributed by atoms with Gasteiger partial charge in [0.15, 0.2) is 6.10 Å². The Morgan fingerprint density at radius 1 is 1.09 bits per heavy atom. The van der Waals surface area contributed by atoms with Gasteiger partial charge in [-0.05, 0) is 49.7 Å². The number of anilines is 1. The minimum atomic E-state index is -4.40. The molecule has 2 rings (SSSR count). The second-order valence-corrected chi connectivity index (χ2v) is 5.09. The Hall–Kier alpha value is -2.50. The summed E-state index contributed by atoms with van der Waals surface area (Å²) in [6.07, 6.45) is -5.18.